The predicted molar refractivity (Wildman–Crippen MR) is 93.5 cm³/mol. The van der Waals surface area contributed by atoms with Gasteiger partial charge in [0.15, 0.2) is 5.82 Å². The highest BCUT2D eigenvalue weighted by Crippen LogP contribution is 2.19. The van der Waals surface area contributed by atoms with E-state index >= 15 is 0 Å². The number of nitrogens with zero attached hydrogens (tertiary/aromatic N) is 3. The maximum atomic E-state index is 13.2. The van der Waals surface area contributed by atoms with Gasteiger partial charge >= 0.3 is 0 Å². The molecule has 1 heterocycles. The fourth-order valence-corrected chi connectivity index (χ4v) is 2.10. The molecule has 0 saturated carbocycles. The number of hydrogen-bond acceptors (Lipinski definition) is 6. The number of nitrogens with one attached hydrogen (secondary N) is 3. The van der Waals surface area contributed by atoms with Crippen molar-refractivity contribution in [2.75, 3.05) is 16.0 Å². The summed E-state index contributed by atoms with van der Waals surface area (Å²) in [6, 6.07) is 13.1. The van der Waals surface area contributed by atoms with E-state index in [0.29, 0.717) is 17.2 Å². The molecule has 3 N–H and O–H groups in total. The number of carbonyl (C=O) groups is 1. The summed E-state index contributed by atoms with van der Waals surface area (Å²) in [5.74, 6) is 0.229. The zero-order valence-electron chi connectivity index (χ0n) is 13.3. The van der Waals surface area contributed by atoms with Gasteiger partial charge in [0.2, 0.25) is 11.9 Å². The summed E-state index contributed by atoms with van der Waals surface area (Å²) in [5, 5.41) is 16.4. The molecule has 2 aromatic carbocycles. The molecule has 0 spiro atoms. The Hall–Kier alpha value is -3.55. The van der Waals surface area contributed by atoms with Gasteiger partial charge in [-0.15, -0.1) is 5.10 Å². The Labute approximate surface area is 143 Å². The SMILES string of the molecule is CC(=O)Nc1ccc(Nc2cnnc(Nc3cccc(F)c3)n2)cc1. The summed E-state index contributed by atoms with van der Waals surface area (Å²) in [4.78, 5) is 15.3. The maximum Gasteiger partial charge on any atom is 0.249 e. The maximum absolute atomic E-state index is 13.2. The number of aromatic nitrogens is 3. The van der Waals surface area contributed by atoms with Gasteiger partial charge in [-0.2, -0.15) is 10.1 Å². The normalized spacial score (nSPS) is 10.2. The number of amides is 1. The molecule has 0 radical (unpaired) electrons. The highest BCUT2D eigenvalue weighted by atomic mass is 19.1. The summed E-state index contributed by atoms with van der Waals surface area (Å²) in [6.45, 7) is 1.45. The highest BCUT2D eigenvalue weighted by molar-refractivity contribution is 5.88. The Balaban J connectivity index is 1.70. The van der Waals surface area contributed by atoms with Crippen LogP contribution < -0.4 is 16.0 Å². The van der Waals surface area contributed by atoms with E-state index in [1.165, 1.54) is 25.3 Å². The molecular formula is C17H15FN6O. The lowest BCUT2D eigenvalue weighted by atomic mass is 10.3. The molecule has 0 fully saturated rings. The van der Waals surface area contributed by atoms with E-state index in [1.54, 1.807) is 36.4 Å². The van der Waals surface area contributed by atoms with E-state index in [-0.39, 0.29) is 17.7 Å². The van der Waals surface area contributed by atoms with Gasteiger partial charge in [0.25, 0.3) is 0 Å². The third kappa shape index (κ3) is 4.71. The van der Waals surface area contributed by atoms with Gasteiger partial charge in [0.05, 0.1) is 6.20 Å². The molecular weight excluding hydrogens is 323 g/mol. The lowest BCUT2D eigenvalue weighted by molar-refractivity contribution is -0.114. The van der Waals surface area contributed by atoms with Crippen LogP contribution in [0.3, 0.4) is 0 Å². The van der Waals surface area contributed by atoms with Gasteiger partial charge in [0.1, 0.15) is 5.82 Å². The monoisotopic (exact) mass is 338 g/mol. The molecule has 1 aromatic heterocycles. The smallest absolute Gasteiger partial charge is 0.249 e. The standard InChI is InChI=1S/C17H15FN6O/c1-11(25)20-13-5-7-14(8-6-13)21-16-10-19-24-17(23-16)22-15-4-2-3-12(18)9-15/h2-10H,1H3,(H,20,25)(H2,21,22,23,24). The topological polar surface area (TPSA) is 91.8 Å². The number of carbonyl (C=O) groups excluding carboxylic acids is 1. The first-order chi connectivity index (χ1) is 12.1. The number of benzene rings is 2. The van der Waals surface area contributed by atoms with Crippen LogP contribution in [-0.4, -0.2) is 21.1 Å². The van der Waals surface area contributed by atoms with E-state index in [4.69, 9.17) is 0 Å². The number of hydrogen-bond donors (Lipinski definition) is 3. The second-order valence-corrected chi connectivity index (χ2v) is 5.18. The molecule has 3 rings (SSSR count). The van der Waals surface area contributed by atoms with Crippen LogP contribution in [0, 0.1) is 5.82 Å². The van der Waals surface area contributed by atoms with E-state index in [1.807, 2.05) is 0 Å². The zero-order valence-corrected chi connectivity index (χ0v) is 13.3. The van der Waals surface area contributed by atoms with Crippen molar-refractivity contribution in [3.8, 4) is 0 Å². The van der Waals surface area contributed by atoms with Crippen molar-refractivity contribution < 1.29 is 9.18 Å². The Kier molecular flexibility index (Phi) is 4.79. The second kappa shape index (κ2) is 7.35. The predicted octanol–water partition coefficient (Wildman–Crippen LogP) is 3.46. The Bertz CT molecular complexity index is 884. The molecule has 7 nitrogen and oxygen atoms in total. The van der Waals surface area contributed by atoms with Crippen molar-refractivity contribution in [3.63, 3.8) is 0 Å². The van der Waals surface area contributed by atoms with Crippen LogP contribution in [0.15, 0.2) is 54.7 Å². The fraction of sp³-hybridized carbons (Fsp3) is 0.0588. The van der Waals surface area contributed by atoms with Crippen molar-refractivity contribution in [2.24, 2.45) is 0 Å². The average molecular weight is 338 g/mol. The molecule has 25 heavy (non-hydrogen) atoms. The van der Waals surface area contributed by atoms with Crippen molar-refractivity contribution in [2.45, 2.75) is 6.92 Å². The van der Waals surface area contributed by atoms with Crippen molar-refractivity contribution in [1.82, 2.24) is 15.2 Å². The molecule has 3 aromatic rings. The largest absolute Gasteiger partial charge is 0.339 e. The van der Waals surface area contributed by atoms with Crippen LogP contribution >= 0.6 is 0 Å². The number of anilines is 5. The molecule has 0 unspecified atom stereocenters. The molecule has 0 saturated heterocycles. The first-order valence-corrected chi connectivity index (χ1v) is 7.45. The minimum atomic E-state index is -0.355. The highest BCUT2D eigenvalue weighted by Gasteiger charge is 2.03. The van der Waals surface area contributed by atoms with Crippen molar-refractivity contribution in [3.05, 3.63) is 60.5 Å². The molecule has 126 valence electrons. The summed E-state index contributed by atoms with van der Waals surface area (Å²) < 4.78 is 13.2. The molecule has 0 aliphatic carbocycles. The van der Waals surface area contributed by atoms with E-state index in [9.17, 15) is 9.18 Å². The molecule has 8 heteroatoms. The van der Waals surface area contributed by atoms with Gasteiger partial charge in [-0.1, -0.05) is 6.07 Å². The quantitative estimate of drug-likeness (QED) is 0.660. The zero-order chi connectivity index (χ0) is 17.6. The Morgan fingerprint density at radius 3 is 2.48 bits per heavy atom. The van der Waals surface area contributed by atoms with Gasteiger partial charge in [-0.3, -0.25) is 4.79 Å². The van der Waals surface area contributed by atoms with Crippen LogP contribution in [0.5, 0.6) is 0 Å². The summed E-state index contributed by atoms with van der Waals surface area (Å²) in [6.07, 6.45) is 1.47. The van der Waals surface area contributed by atoms with Crippen molar-refractivity contribution in [1.29, 1.82) is 0 Å². The molecule has 0 bridgehead atoms. The second-order valence-electron chi connectivity index (χ2n) is 5.18. The summed E-state index contributed by atoms with van der Waals surface area (Å²) >= 11 is 0. The van der Waals surface area contributed by atoms with Crippen LogP contribution in [0.2, 0.25) is 0 Å². The molecule has 0 aliphatic heterocycles. The Morgan fingerprint density at radius 2 is 1.76 bits per heavy atom. The van der Waals surface area contributed by atoms with E-state index < -0.39 is 0 Å². The minimum absolute atomic E-state index is 0.131. The van der Waals surface area contributed by atoms with Crippen molar-refractivity contribution >= 4 is 34.7 Å². The van der Waals surface area contributed by atoms with Gasteiger partial charge in [0, 0.05) is 24.0 Å². The lowest BCUT2D eigenvalue weighted by Crippen LogP contribution is -2.05. The first-order valence-electron chi connectivity index (χ1n) is 7.45. The van der Waals surface area contributed by atoms with Gasteiger partial charge in [-0.05, 0) is 42.5 Å². The Morgan fingerprint density at radius 1 is 1.00 bits per heavy atom. The molecule has 0 aliphatic rings. The van der Waals surface area contributed by atoms with Gasteiger partial charge < -0.3 is 16.0 Å². The van der Waals surface area contributed by atoms with Crippen LogP contribution in [-0.2, 0) is 4.79 Å². The number of halogens is 1. The van der Waals surface area contributed by atoms with Crippen LogP contribution in [0.4, 0.5) is 33.2 Å². The van der Waals surface area contributed by atoms with E-state index in [2.05, 4.69) is 31.1 Å². The lowest BCUT2D eigenvalue weighted by Gasteiger charge is -2.08. The number of rotatable bonds is 5. The molecule has 1 amide bonds. The first kappa shape index (κ1) is 16.3. The average Bonchev–Trinajstić information content (AvgIpc) is 2.57. The summed E-state index contributed by atoms with van der Waals surface area (Å²) in [5.41, 5.74) is 2.00. The minimum Gasteiger partial charge on any atom is -0.339 e. The van der Waals surface area contributed by atoms with Gasteiger partial charge in [-0.25, -0.2) is 4.39 Å². The van der Waals surface area contributed by atoms with Crippen LogP contribution in [0.25, 0.3) is 0 Å². The fourth-order valence-electron chi connectivity index (χ4n) is 2.10. The third-order valence-electron chi connectivity index (χ3n) is 3.12. The van der Waals surface area contributed by atoms with Crippen LogP contribution in [0.1, 0.15) is 6.92 Å². The third-order valence-corrected chi connectivity index (χ3v) is 3.12. The summed E-state index contributed by atoms with van der Waals surface area (Å²) in [7, 11) is 0. The molecule has 0 atom stereocenters. The van der Waals surface area contributed by atoms with E-state index in [0.717, 1.165) is 5.69 Å².